The molecular formula is C23H30N2. The van der Waals surface area contributed by atoms with E-state index in [9.17, 15) is 0 Å². The molecule has 3 rings (SSSR count). The zero-order chi connectivity index (χ0) is 18.5. The third-order valence-corrected chi connectivity index (χ3v) is 5.48. The summed E-state index contributed by atoms with van der Waals surface area (Å²) in [5.74, 6) is 0. The minimum atomic E-state index is 0.375. The fourth-order valence-corrected chi connectivity index (χ4v) is 4.34. The predicted octanol–water partition coefficient (Wildman–Crippen LogP) is 5.64. The van der Waals surface area contributed by atoms with Crippen LogP contribution in [-0.2, 0) is 0 Å². The van der Waals surface area contributed by atoms with Crippen LogP contribution in [0, 0.1) is 48.2 Å². The van der Waals surface area contributed by atoms with Crippen molar-refractivity contribution in [3.63, 3.8) is 0 Å². The minimum absolute atomic E-state index is 0.375. The average molecular weight is 335 g/mol. The molecule has 2 heteroatoms. The Morgan fingerprint density at radius 2 is 0.880 bits per heavy atom. The maximum Gasteiger partial charge on any atom is 0.209 e. The summed E-state index contributed by atoms with van der Waals surface area (Å²) in [6.07, 6.45) is 0. The fourth-order valence-electron chi connectivity index (χ4n) is 4.34. The van der Waals surface area contributed by atoms with E-state index in [1.807, 2.05) is 0 Å². The molecule has 2 aromatic rings. The lowest BCUT2D eigenvalue weighted by atomic mass is 10.0. The Balaban J connectivity index is 2.03. The Morgan fingerprint density at radius 1 is 0.600 bits per heavy atom. The quantitative estimate of drug-likeness (QED) is 0.701. The van der Waals surface area contributed by atoms with Crippen LogP contribution in [0.5, 0.6) is 0 Å². The summed E-state index contributed by atoms with van der Waals surface area (Å²) in [5, 5.41) is 0. The number of hydrogen-bond donors (Lipinski definition) is 0. The van der Waals surface area contributed by atoms with Crippen molar-refractivity contribution < 1.29 is 0 Å². The Hall–Kier alpha value is -1.96. The van der Waals surface area contributed by atoms with Crippen molar-refractivity contribution >= 4 is 11.4 Å². The summed E-state index contributed by atoms with van der Waals surface area (Å²) in [4.78, 5) is 4.68. The zero-order valence-electron chi connectivity index (χ0n) is 16.9. The lowest BCUT2D eigenvalue weighted by Gasteiger charge is -2.26. The first-order valence-corrected chi connectivity index (χ1v) is 9.21. The Labute approximate surface area is 153 Å². The van der Waals surface area contributed by atoms with Gasteiger partial charge >= 0.3 is 0 Å². The molecule has 1 saturated heterocycles. The highest BCUT2D eigenvalue weighted by atomic mass is 15.4. The van der Waals surface area contributed by atoms with E-state index in [0.717, 1.165) is 0 Å². The minimum Gasteiger partial charge on any atom is -0.336 e. The monoisotopic (exact) mass is 334 g/mol. The van der Waals surface area contributed by atoms with E-state index in [0.29, 0.717) is 12.1 Å². The first-order valence-electron chi connectivity index (χ1n) is 9.21. The summed E-state index contributed by atoms with van der Waals surface area (Å²) < 4.78 is 0. The zero-order valence-corrected chi connectivity index (χ0v) is 16.9. The molecule has 132 valence electrons. The van der Waals surface area contributed by atoms with E-state index < -0.39 is 0 Å². The molecule has 0 saturated carbocycles. The van der Waals surface area contributed by atoms with Gasteiger partial charge in [-0.05, 0) is 77.6 Å². The first kappa shape index (κ1) is 17.8. The lowest BCUT2D eigenvalue weighted by Crippen LogP contribution is -2.33. The second-order valence-corrected chi connectivity index (χ2v) is 7.82. The van der Waals surface area contributed by atoms with Crippen molar-refractivity contribution in [2.75, 3.05) is 9.80 Å². The summed E-state index contributed by atoms with van der Waals surface area (Å²) in [7, 11) is 0. The van der Waals surface area contributed by atoms with Crippen LogP contribution in [0.15, 0.2) is 24.3 Å². The van der Waals surface area contributed by atoms with Crippen molar-refractivity contribution in [3.05, 3.63) is 64.3 Å². The molecule has 0 N–H and O–H groups in total. The van der Waals surface area contributed by atoms with Crippen LogP contribution in [0.2, 0.25) is 0 Å². The van der Waals surface area contributed by atoms with Gasteiger partial charge in [-0.25, -0.2) is 0 Å². The molecule has 25 heavy (non-hydrogen) atoms. The second kappa shape index (κ2) is 6.40. The van der Waals surface area contributed by atoms with Crippen molar-refractivity contribution in [1.82, 2.24) is 0 Å². The highest BCUT2D eigenvalue weighted by molar-refractivity contribution is 5.70. The van der Waals surface area contributed by atoms with E-state index in [-0.39, 0.29) is 0 Å². The molecule has 2 aromatic carbocycles. The molecule has 0 aliphatic carbocycles. The fraction of sp³-hybridized carbons (Fsp3) is 0.435. The van der Waals surface area contributed by atoms with E-state index in [2.05, 4.69) is 96.1 Å². The van der Waals surface area contributed by atoms with Crippen molar-refractivity contribution in [3.8, 4) is 0 Å². The van der Waals surface area contributed by atoms with Gasteiger partial charge in [-0.15, -0.1) is 0 Å². The maximum atomic E-state index is 3.69. The average Bonchev–Trinajstić information content (AvgIpc) is 2.74. The van der Waals surface area contributed by atoms with E-state index >= 15 is 0 Å². The number of anilines is 2. The van der Waals surface area contributed by atoms with E-state index in [1.54, 1.807) is 0 Å². The van der Waals surface area contributed by atoms with Gasteiger partial charge in [0.15, 0.2) is 0 Å². The molecule has 2 unspecified atom stereocenters. The summed E-state index contributed by atoms with van der Waals surface area (Å²) in [5.41, 5.74) is 10.5. The van der Waals surface area contributed by atoms with Gasteiger partial charge in [0.2, 0.25) is 6.67 Å². The molecule has 2 radical (unpaired) electrons. The maximum absolute atomic E-state index is 3.69. The first-order chi connectivity index (χ1) is 11.7. The summed E-state index contributed by atoms with van der Waals surface area (Å²) in [6, 6.07) is 9.83. The smallest absolute Gasteiger partial charge is 0.209 e. The van der Waals surface area contributed by atoms with Gasteiger partial charge < -0.3 is 9.80 Å². The van der Waals surface area contributed by atoms with Gasteiger partial charge in [0.1, 0.15) is 0 Å². The number of benzene rings is 2. The summed E-state index contributed by atoms with van der Waals surface area (Å²) in [6.45, 7) is 21.5. The Kier molecular flexibility index (Phi) is 4.57. The predicted molar refractivity (Wildman–Crippen MR) is 108 cm³/mol. The van der Waals surface area contributed by atoms with Crippen LogP contribution in [0.1, 0.15) is 47.2 Å². The van der Waals surface area contributed by atoms with Gasteiger partial charge in [0, 0.05) is 23.5 Å². The molecular weight excluding hydrogens is 304 g/mol. The normalized spacial score (nSPS) is 20.5. The van der Waals surface area contributed by atoms with Crippen molar-refractivity contribution in [2.45, 2.75) is 67.5 Å². The van der Waals surface area contributed by atoms with E-state index in [1.165, 1.54) is 44.8 Å². The molecule has 1 fully saturated rings. The third kappa shape index (κ3) is 3.03. The highest BCUT2D eigenvalue weighted by Gasteiger charge is 2.38. The lowest BCUT2D eigenvalue weighted by molar-refractivity contribution is 0.643. The van der Waals surface area contributed by atoms with Crippen LogP contribution in [0.25, 0.3) is 0 Å². The van der Waals surface area contributed by atoms with Crippen LogP contribution in [0.3, 0.4) is 0 Å². The molecule has 1 aliphatic rings. The molecule has 1 heterocycles. The molecule has 0 spiro atoms. The van der Waals surface area contributed by atoms with Crippen molar-refractivity contribution in [1.29, 1.82) is 0 Å². The van der Waals surface area contributed by atoms with Gasteiger partial charge in [-0.1, -0.05) is 35.4 Å². The number of rotatable bonds is 2. The molecule has 2 atom stereocenters. The topological polar surface area (TPSA) is 6.48 Å². The molecule has 1 aliphatic heterocycles. The molecule has 0 amide bonds. The van der Waals surface area contributed by atoms with Gasteiger partial charge in [0.05, 0.1) is 0 Å². The van der Waals surface area contributed by atoms with Gasteiger partial charge in [-0.3, -0.25) is 0 Å². The van der Waals surface area contributed by atoms with Crippen LogP contribution in [-0.4, -0.2) is 12.1 Å². The Morgan fingerprint density at radius 3 is 1.16 bits per heavy atom. The van der Waals surface area contributed by atoms with Gasteiger partial charge in [-0.2, -0.15) is 0 Å². The second-order valence-electron chi connectivity index (χ2n) is 7.82. The largest absolute Gasteiger partial charge is 0.336 e. The SMILES string of the molecule is Cc1cc(C)c(N2[C]N(c3c(C)cc(C)cc3C)C(C)C2C)c(C)c1. The Bertz CT molecular complexity index is 692. The van der Waals surface area contributed by atoms with Crippen LogP contribution in [0.4, 0.5) is 11.4 Å². The number of hydrogen-bond acceptors (Lipinski definition) is 2. The third-order valence-electron chi connectivity index (χ3n) is 5.48. The summed E-state index contributed by atoms with van der Waals surface area (Å²) >= 11 is 0. The van der Waals surface area contributed by atoms with Crippen molar-refractivity contribution in [2.24, 2.45) is 0 Å². The molecule has 2 nitrogen and oxygen atoms in total. The molecule has 0 aromatic heterocycles. The van der Waals surface area contributed by atoms with E-state index in [4.69, 9.17) is 0 Å². The van der Waals surface area contributed by atoms with Crippen LogP contribution >= 0.6 is 0 Å². The number of aryl methyl sites for hydroxylation is 6. The van der Waals surface area contributed by atoms with Crippen LogP contribution < -0.4 is 9.80 Å². The standard InChI is InChI=1S/C23H30N2/c1-14-9-16(3)22(17(4)10-14)24-13-25(21(8)20(24)7)23-18(5)11-15(2)12-19(23)6/h9-12,20-21H,1-8H3. The molecule has 0 bridgehead atoms. The van der Waals surface area contributed by atoms with Gasteiger partial charge in [0.25, 0.3) is 0 Å². The highest BCUT2D eigenvalue weighted by Crippen LogP contribution is 2.39. The number of nitrogens with zero attached hydrogens (tertiary/aromatic N) is 2.